The third kappa shape index (κ3) is 5.39. The van der Waals surface area contributed by atoms with Crippen LogP contribution in [0.2, 0.25) is 5.02 Å². The number of hydrogen-bond donors (Lipinski definition) is 0. The number of nitrogens with zero attached hydrogens (tertiary/aromatic N) is 2. The van der Waals surface area contributed by atoms with Crippen molar-refractivity contribution in [2.24, 2.45) is 0 Å². The second kappa shape index (κ2) is 9.46. The van der Waals surface area contributed by atoms with Gasteiger partial charge in [0.1, 0.15) is 11.5 Å². The third-order valence-corrected chi connectivity index (χ3v) is 4.88. The lowest BCUT2D eigenvalue weighted by molar-refractivity contribution is -0.140. The second-order valence-electron chi connectivity index (χ2n) is 6.51. The molecule has 1 amide bonds. The van der Waals surface area contributed by atoms with Crippen LogP contribution in [0.1, 0.15) is 17.9 Å². The number of methoxy groups -OCH3 is 1. The first kappa shape index (κ1) is 20.0. The molecule has 0 spiro atoms. The van der Waals surface area contributed by atoms with Crippen molar-refractivity contribution in [1.29, 1.82) is 0 Å². The average Bonchev–Trinajstić information content (AvgIpc) is 3.18. The molecule has 148 valence electrons. The third-order valence-electron chi connectivity index (χ3n) is 4.64. The number of furan rings is 1. The Morgan fingerprint density at radius 2 is 1.96 bits per heavy atom. The first-order valence-electron chi connectivity index (χ1n) is 9.18. The van der Waals surface area contributed by atoms with Crippen molar-refractivity contribution in [3.63, 3.8) is 0 Å². The zero-order valence-electron chi connectivity index (χ0n) is 15.8. The minimum atomic E-state index is -0.277. The summed E-state index contributed by atoms with van der Waals surface area (Å²) in [7, 11) is 1.36. The molecule has 2 heterocycles. The second-order valence-corrected chi connectivity index (χ2v) is 6.94. The van der Waals surface area contributed by atoms with Crippen LogP contribution in [0.4, 0.5) is 5.69 Å². The van der Waals surface area contributed by atoms with Crippen molar-refractivity contribution in [2.45, 2.75) is 12.8 Å². The van der Waals surface area contributed by atoms with Gasteiger partial charge in [0.2, 0.25) is 5.91 Å². The van der Waals surface area contributed by atoms with E-state index in [9.17, 15) is 9.59 Å². The Morgan fingerprint density at radius 1 is 1.18 bits per heavy atom. The zero-order valence-corrected chi connectivity index (χ0v) is 16.5. The van der Waals surface area contributed by atoms with Crippen LogP contribution in [-0.4, -0.2) is 50.1 Å². The number of ether oxygens (including phenoxy) is 1. The first-order chi connectivity index (χ1) is 13.5. The van der Waals surface area contributed by atoms with Gasteiger partial charge in [-0.2, -0.15) is 0 Å². The van der Waals surface area contributed by atoms with Crippen LogP contribution < -0.4 is 4.90 Å². The summed E-state index contributed by atoms with van der Waals surface area (Å²) in [6.07, 6.45) is 3.92. The predicted molar refractivity (Wildman–Crippen MR) is 108 cm³/mol. The van der Waals surface area contributed by atoms with Crippen LogP contribution in [0.3, 0.4) is 0 Å². The van der Waals surface area contributed by atoms with Gasteiger partial charge >= 0.3 is 5.97 Å². The molecule has 6 nitrogen and oxygen atoms in total. The van der Waals surface area contributed by atoms with Gasteiger partial charge in [-0.05, 0) is 36.4 Å². The Labute approximate surface area is 169 Å². The van der Waals surface area contributed by atoms with Crippen molar-refractivity contribution < 1.29 is 18.7 Å². The topological polar surface area (TPSA) is 63.0 Å². The fraction of sp³-hybridized carbons (Fsp3) is 0.333. The number of amides is 1. The minimum absolute atomic E-state index is 0.0433. The monoisotopic (exact) mass is 402 g/mol. The number of carbonyl (C=O) groups is 2. The number of anilines is 1. The van der Waals surface area contributed by atoms with Gasteiger partial charge in [0, 0.05) is 49.4 Å². The summed E-state index contributed by atoms with van der Waals surface area (Å²) in [6.45, 7) is 2.83. The quantitative estimate of drug-likeness (QED) is 0.547. The lowest BCUT2D eigenvalue weighted by Gasteiger charge is -2.35. The van der Waals surface area contributed by atoms with Crippen molar-refractivity contribution in [2.75, 3.05) is 38.2 Å². The van der Waals surface area contributed by atoms with E-state index in [0.717, 1.165) is 18.8 Å². The first-order valence-corrected chi connectivity index (χ1v) is 9.56. The van der Waals surface area contributed by atoms with E-state index in [1.807, 2.05) is 29.2 Å². The summed E-state index contributed by atoms with van der Waals surface area (Å²) in [5.74, 6) is 0.956. The van der Waals surface area contributed by atoms with Gasteiger partial charge in [0.15, 0.2) is 0 Å². The molecule has 7 heteroatoms. The summed E-state index contributed by atoms with van der Waals surface area (Å²) in [5.41, 5.74) is 1.07. The molecule has 0 aliphatic carbocycles. The van der Waals surface area contributed by atoms with E-state index in [1.54, 1.807) is 18.2 Å². The molecule has 0 N–H and O–H groups in total. The van der Waals surface area contributed by atoms with Crippen molar-refractivity contribution in [3.05, 3.63) is 59.0 Å². The number of rotatable bonds is 6. The van der Waals surface area contributed by atoms with E-state index >= 15 is 0 Å². The largest absolute Gasteiger partial charge is 0.469 e. The molecule has 1 aliphatic heterocycles. The summed E-state index contributed by atoms with van der Waals surface area (Å²) in [4.78, 5) is 27.6. The molecule has 2 aromatic rings. The number of halogens is 1. The Kier molecular flexibility index (Phi) is 6.76. The van der Waals surface area contributed by atoms with Gasteiger partial charge < -0.3 is 19.0 Å². The van der Waals surface area contributed by atoms with Gasteiger partial charge in [0.25, 0.3) is 0 Å². The minimum Gasteiger partial charge on any atom is -0.469 e. The molecule has 0 saturated carbocycles. The highest BCUT2D eigenvalue weighted by Crippen LogP contribution is 2.21. The van der Waals surface area contributed by atoms with Crippen LogP contribution in [0.15, 0.2) is 46.9 Å². The molecule has 0 bridgehead atoms. The lowest BCUT2D eigenvalue weighted by atomic mass is 10.2. The summed E-state index contributed by atoms with van der Waals surface area (Å²) < 4.78 is 10.2. The molecule has 1 saturated heterocycles. The Balaban J connectivity index is 1.49. The van der Waals surface area contributed by atoms with E-state index in [2.05, 4.69) is 9.64 Å². The summed E-state index contributed by atoms with van der Waals surface area (Å²) >= 11 is 6.05. The van der Waals surface area contributed by atoms with E-state index in [-0.39, 0.29) is 18.3 Å². The van der Waals surface area contributed by atoms with Gasteiger partial charge in [-0.15, -0.1) is 0 Å². The highest BCUT2D eigenvalue weighted by Gasteiger charge is 2.20. The number of hydrogen-bond acceptors (Lipinski definition) is 5. The van der Waals surface area contributed by atoms with Crippen LogP contribution in [0, 0.1) is 0 Å². The standard InChI is InChI=1S/C21H23ClN2O4/c1-27-21(26)10-8-19-6-5-18(28-19)7-9-20(25)24-13-11-23(12-14-24)17-4-2-3-16(22)15-17/h2-7,9,15H,8,10-14H2,1H3/b9-7+. The molecule has 0 unspecified atom stereocenters. The van der Waals surface area contributed by atoms with Crippen molar-refractivity contribution in [3.8, 4) is 0 Å². The van der Waals surface area contributed by atoms with E-state index in [4.69, 9.17) is 16.0 Å². The number of aryl methyl sites for hydroxylation is 1. The highest BCUT2D eigenvalue weighted by molar-refractivity contribution is 6.30. The molecule has 1 aromatic carbocycles. The average molecular weight is 403 g/mol. The number of piperazine rings is 1. The number of esters is 1. The SMILES string of the molecule is COC(=O)CCc1ccc(/C=C/C(=O)N2CCN(c3cccc(Cl)c3)CC2)o1. The lowest BCUT2D eigenvalue weighted by Crippen LogP contribution is -2.48. The molecular formula is C21H23ClN2O4. The fourth-order valence-electron chi connectivity index (χ4n) is 3.06. The molecule has 1 aliphatic rings. The van der Waals surface area contributed by atoms with Crippen molar-refractivity contribution in [1.82, 2.24) is 4.90 Å². The van der Waals surface area contributed by atoms with E-state index in [1.165, 1.54) is 13.2 Å². The molecule has 0 radical (unpaired) electrons. The molecule has 1 aromatic heterocycles. The predicted octanol–water partition coefficient (Wildman–Crippen LogP) is 3.40. The van der Waals surface area contributed by atoms with Crippen molar-refractivity contribution >= 4 is 35.2 Å². The van der Waals surface area contributed by atoms with E-state index in [0.29, 0.717) is 36.1 Å². The Morgan fingerprint density at radius 3 is 2.68 bits per heavy atom. The molecule has 3 rings (SSSR count). The number of carbonyl (C=O) groups excluding carboxylic acids is 2. The van der Waals surface area contributed by atoms with Crippen LogP contribution >= 0.6 is 11.6 Å². The van der Waals surface area contributed by atoms with E-state index < -0.39 is 0 Å². The van der Waals surface area contributed by atoms with Crippen LogP contribution in [0.25, 0.3) is 6.08 Å². The van der Waals surface area contributed by atoms with Gasteiger partial charge in [-0.3, -0.25) is 9.59 Å². The normalized spacial score (nSPS) is 14.5. The number of benzene rings is 1. The Bertz CT molecular complexity index is 854. The summed E-state index contributed by atoms with van der Waals surface area (Å²) in [6, 6.07) is 11.3. The Hall–Kier alpha value is -2.73. The smallest absolute Gasteiger partial charge is 0.305 e. The zero-order chi connectivity index (χ0) is 19.9. The highest BCUT2D eigenvalue weighted by atomic mass is 35.5. The molecular weight excluding hydrogens is 380 g/mol. The molecule has 28 heavy (non-hydrogen) atoms. The maximum absolute atomic E-state index is 12.4. The molecule has 0 atom stereocenters. The maximum Gasteiger partial charge on any atom is 0.305 e. The molecule has 1 fully saturated rings. The van der Waals surface area contributed by atoms with Crippen LogP contribution in [-0.2, 0) is 20.7 Å². The summed E-state index contributed by atoms with van der Waals surface area (Å²) in [5, 5.41) is 0.711. The van der Waals surface area contributed by atoms with Gasteiger partial charge in [0.05, 0.1) is 13.5 Å². The van der Waals surface area contributed by atoms with Gasteiger partial charge in [-0.1, -0.05) is 17.7 Å². The van der Waals surface area contributed by atoms with Gasteiger partial charge in [-0.25, -0.2) is 0 Å². The van der Waals surface area contributed by atoms with Crippen LogP contribution in [0.5, 0.6) is 0 Å². The maximum atomic E-state index is 12.4. The fourth-order valence-corrected chi connectivity index (χ4v) is 3.25.